The number of aliphatic hydroxyl groups excluding tert-OH is 1. The minimum Gasteiger partial charge on any atom is -0.497 e. The number of carbonyl (C=O) groups is 1. The van der Waals surface area contributed by atoms with E-state index in [9.17, 15) is 9.90 Å². The lowest BCUT2D eigenvalue weighted by Crippen LogP contribution is -2.43. The van der Waals surface area contributed by atoms with E-state index in [2.05, 4.69) is 0 Å². The Balaban J connectivity index is 1.73. The summed E-state index contributed by atoms with van der Waals surface area (Å²) in [6.45, 7) is 0.899. The van der Waals surface area contributed by atoms with E-state index in [0.29, 0.717) is 0 Å². The molecule has 1 aromatic carbocycles. The van der Waals surface area contributed by atoms with Crippen LogP contribution in [0.5, 0.6) is 5.75 Å². The standard InChI is InChI=1S/C16H21NO3/c1-20-14-5-3-12(4-6-14)9-13-10-16(11-18)7-2-8-17(16)15(13)19/h3-6,13,18H,2,7-11H2,1H3/t13-,16+/m0/s1. The minimum atomic E-state index is -0.270. The van der Waals surface area contributed by atoms with Crippen LogP contribution in [-0.4, -0.2) is 41.7 Å². The van der Waals surface area contributed by atoms with Crippen LogP contribution < -0.4 is 4.74 Å². The van der Waals surface area contributed by atoms with Crippen LogP contribution in [0.1, 0.15) is 24.8 Å². The molecule has 2 aliphatic rings. The molecule has 1 aromatic rings. The monoisotopic (exact) mass is 275 g/mol. The van der Waals surface area contributed by atoms with E-state index in [0.717, 1.165) is 43.5 Å². The average molecular weight is 275 g/mol. The first-order valence-electron chi connectivity index (χ1n) is 7.24. The van der Waals surface area contributed by atoms with Gasteiger partial charge in [-0.25, -0.2) is 0 Å². The SMILES string of the molecule is COc1ccc(C[C@H]2C[C@@]3(CO)CCCN3C2=O)cc1. The van der Waals surface area contributed by atoms with E-state index in [-0.39, 0.29) is 24.0 Å². The Hall–Kier alpha value is -1.55. The second kappa shape index (κ2) is 5.09. The fourth-order valence-corrected chi connectivity index (χ4v) is 3.70. The van der Waals surface area contributed by atoms with Gasteiger partial charge in [0.25, 0.3) is 0 Å². The second-order valence-electron chi connectivity index (χ2n) is 5.93. The maximum atomic E-state index is 12.5. The molecule has 2 saturated heterocycles. The van der Waals surface area contributed by atoms with Crippen LogP contribution in [0.3, 0.4) is 0 Å². The molecule has 108 valence electrons. The largest absolute Gasteiger partial charge is 0.497 e. The highest BCUT2D eigenvalue weighted by molar-refractivity contribution is 5.83. The number of benzene rings is 1. The van der Waals surface area contributed by atoms with Gasteiger partial charge in [-0.2, -0.15) is 0 Å². The van der Waals surface area contributed by atoms with Crippen LogP contribution in [0.15, 0.2) is 24.3 Å². The number of fused-ring (bicyclic) bond motifs is 1. The van der Waals surface area contributed by atoms with Crippen LogP contribution in [0.2, 0.25) is 0 Å². The third kappa shape index (κ3) is 2.08. The lowest BCUT2D eigenvalue weighted by Gasteiger charge is -2.29. The van der Waals surface area contributed by atoms with Crippen LogP contribution in [0.25, 0.3) is 0 Å². The molecule has 2 fully saturated rings. The Kier molecular flexibility index (Phi) is 3.42. The number of hydrogen-bond donors (Lipinski definition) is 1. The van der Waals surface area contributed by atoms with Gasteiger partial charge in [-0.15, -0.1) is 0 Å². The Labute approximate surface area is 119 Å². The number of aliphatic hydroxyl groups is 1. The predicted octanol–water partition coefficient (Wildman–Crippen LogP) is 1.61. The van der Waals surface area contributed by atoms with Crippen molar-refractivity contribution in [1.82, 2.24) is 4.90 Å². The number of hydrogen-bond acceptors (Lipinski definition) is 3. The Morgan fingerprint density at radius 2 is 2.15 bits per heavy atom. The highest BCUT2D eigenvalue weighted by atomic mass is 16.5. The van der Waals surface area contributed by atoms with Gasteiger partial charge < -0.3 is 14.7 Å². The van der Waals surface area contributed by atoms with Gasteiger partial charge in [-0.3, -0.25) is 4.79 Å². The number of carbonyl (C=O) groups excluding carboxylic acids is 1. The summed E-state index contributed by atoms with van der Waals surface area (Å²) in [6, 6.07) is 7.89. The van der Waals surface area contributed by atoms with Crippen molar-refractivity contribution in [3.05, 3.63) is 29.8 Å². The molecule has 3 rings (SSSR count). The molecule has 20 heavy (non-hydrogen) atoms. The molecule has 2 heterocycles. The van der Waals surface area contributed by atoms with E-state index in [1.54, 1.807) is 7.11 Å². The summed E-state index contributed by atoms with van der Waals surface area (Å²) in [7, 11) is 1.65. The van der Waals surface area contributed by atoms with Crippen LogP contribution in [0.4, 0.5) is 0 Å². The molecular weight excluding hydrogens is 254 g/mol. The molecule has 0 unspecified atom stereocenters. The molecule has 1 amide bonds. The van der Waals surface area contributed by atoms with Crippen LogP contribution in [-0.2, 0) is 11.2 Å². The molecule has 0 aliphatic carbocycles. The predicted molar refractivity (Wildman–Crippen MR) is 75.6 cm³/mol. The van der Waals surface area contributed by atoms with Crippen LogP contribution >= 0.6 is 0 Å². The van der Waals surface area contributed by atoms with Gasteiger partial charge >= 0.3 is 0 Å². The summed E-state index contributed by atoms with van der Waals surface area (Å²) in [5, 5.41) is 9.69. The molecule has 0 spiro atoms. The molecule has 0 radical (unpaired) electrons. The maximum Gasteiger partial charge on any atom is 0.226 e. The molecule has 2 aliphatic heterocycles. The number of ether oxygens (including phenoxy) is 1. The first kappa shape index (κ1) is 13.4. The van der Waals surface area contributed by atoms with Gasteiger partial charge in [0.15, 0.2) is 0 Å². The van der Waals surface area contributed by atoms with Crippen molar-refractivity contribution in [3.63, 3.8) is 0 Å². The van der Waals surface area contributed by atoms with Gasteiger partial charge in [0.05, 0.1) is 19.3 Å². The van der Waals surface area contributed by atoms with Crippen molar-refractivity contribution in [1.29, 1.82) is 0 Å². The highest BCUT2D eigenvalue weighted by Crippen LogP contribution is 2.43. The quantitative estimate of drug-likeness (QED) is 0.908. The van der Waals surface area contributed by atoms with Crippen molar-refractivity contribution >= 4 is 5.91 Å². The van der Waals surface area contributed by atoms with Crippen molar-refractivity contribution in [2.24, 2.45) is 5.92 Å². The van der Waals surface area contributed by atoms with Gasteiger partial charge in [-0.1, -0.05) is 12.1 Å². The van der Waals surface area contributed by atoms with Crippen molar-refractivity contribution in [3.8, 4) is 5.75 Å². The van der Waals surface area contributed by atoms with E-state index in [1.165, 1.54) is 0 Å². The zero-order valence-electron chi connectivity index (χ0n) is 11.8. The third-order valence-corrected chi connectivity index (χ3v) is 4.77. The lowest BCUT2D eigenvalue weighted by atomic mass is 9.87. The van der Waals surface area contributed by atoms with Crippen molar-refractivity contribution in [2.45, 2.75) is 31.2 Å². The summed E-state index contributed by atoms with van der Waals surface area (Å²) in [6.07, 6.45) is 3.49. The van der Waals surface area contributed by atoms with Gasteiger partial charge in [-0.05, 0) is 43.4 Å². The Morgan fingerprint density at radius 1 is 1.40 bits per heavy atom. The smallest absolute Gasteiger partial charge is 0.226 e. The fourth-order valence-electron chi connectivity index (χ4n) is 3.70. The van der Waals surface area contributed by atoms with Gasteiger partial charge in [0.1, 0.15) is 5.75 Å². The molecule has 0 bridgehead atoms. The first-order chi connectivity index (χ1) is 9.68. The minimum absolute atomic E-state index is 0.0100. The number of amides is 1. The Morgan fingerprint density at radius 3 is 2.75 bits per heavy atom. The van der Waals surface area contributed by atoms with Gasteiger partial charge in [0, 0.05) is 12.5 Å². The number of rotatable bonds is 4. The second-order valence-corrected chi connectivity index (χ2v) is 5.93. The molecule has 0 saturated carbocycles. The molecule has 4 heteroatoms. The topological polar surface area (TPSA) is 49.8 Å². The molecular formula is C16H21NO3. The van der Waals surface area contributed by atoms with Crippen LogP contribution in [0, 0.1) is 5.92 Å². The number of nitrogens with zero attached hydrogens (tertiary/aromatic N) is 1. The summed E-state index contributed by atoms with van der Waals surface area (Å²) >= 11 is 0. The van der Waals surface area contributed by atoms with Crippen molar-refractivity contribution in [2.75, 3.05) is 20.3 Å². The van der Waals surface area contributed by atoms with E-state index in [1.807, 2.05) is 29.2 Å². The van der Waals surface area contributed by atoms with E-state index in [4.69, 9.17) is 4.74 Å². The summed E-state index contributed by atoms with van der Waals surface area (Å²) in [5.41, 5.74) is 0.882. The molecule has 0 aromatic heterocycles. The maximum absolute atomic E-state index is 12.5. The molecule has 4 nitrogen and oxygen atoms in total. The van der Waals surface area contributed by atoms with Crippen molar-refractivity contribution < 1.29 is 14.6 Å². The average Bonchev–Trinajstić information content (AvgIpc) is 3.00. The normalized spacial score (nSPS) is 28.8. The summed E-state index contributed by atoms with van der Waals surface area (Å²) in [4.78, 5) is 14.4. The lowest BCUT2D eigenvalue weighted by molar-refractivity contribution is -0.133. The molecule has 1 N–H and O–H groups in total. The Bertz CT molecular complexity index is 499. The van der Waals surface area contributed by atoms with E-state index >= 15 is 0 Å². The zero-order valence-corrected chi connectivity index (χ0v) is 11.8. The summed E-state index contributed by atoms with van der Waals surface area (Å²) < 4.78 is 5.15. The first-order valence-corrected chi connectivity index (χ1v) is 7.24. The molecule has 2 atom stereocenters. The fraction of sp³-hybridized carbons (Fsp3) is 0.562. The van der Waals surface area contributed by atoms with E-state index < -0.39 is 0 Å². The highest BCUT2D eigenvalue weighted by Gasteiger charge is 2.52. The third-order valence-electron chi connectivity index (χ3n) is 4.77. The van der Waals surface area contributed by atoms with Gasteiger partial charge in [0.2, 0.25) is 5.91 Å². The zero-order chi connectivity index (χ0) is 14.2. The summed E-state index contributed by atoms with van der Waals surface area (Å²) in [5.74, 6) is 1.06. The number of methoxy groups -OCH3 is 1.